The van der Waals surface area contributed by atoms with E-state index >= 15 is 0 Å². The summed E-state index contributed by atoms with van der Waals surface area (Å²) in [6.45, 7) is 3.31. The highest BCUT2D eigenvalue weighted by Gasteiger charge is 2.44. The smallest absolute Gasteiger partial charge is 0.158 e. The summed E-state index contributed by atoms with van der Waals surface area (Å²) in [4.78, 5) is 5.06. The third-order valence-electron chi connectivity index (χ3n) is 7.32. The van der Waals surface area contributed by atoms with Gasteiger partial charge in [0.2, 0.25) is 0 Å². The van der Waals surface area contributed by atoms with Crippen LogP contribution >= 0.6 is 0 Å². The molecule has 1 aliphatic heterocycles. The molecule has 2 aliphatic rings. The summed E-state index contributed by atoms with van der Waals surface area (Å²) in [5.74, 6) is 0.596. The molecule has 0 bridgehead atoms. The summed E-state index contributed by atoms with van der Waals surface area (Å²) in [5.41, 5.74) is 4.83. The lowest BCUT2D eigenvalue weighted by Gasteiger charge is -2.45. The third kappa shape index (κ3) is 4.08. The van der Waals surface area contributed by atoms with Crippen molar-refractivity contribution < 1.29 is 9.47 Å². The predicted octanol–water partition coefficient (Wildman–Crippen LogP) is 4.08. The van der Waals surface area contributed by atoms with E-state index in [4.69, 9.17) is 14.5 Å². The van der Waals surface area contributed by atoms with Gasteiger partial charge in [0.1, 0.15) is 0 Å². The number of hydrogen-bond donors (Lipinski definition) is 0. The van der Waals surface area contributed by atoms with Crippen molar-refractivity contribution in [3.8, 4) is 28.6 Å². The zero-order chi connectivity index (χ0) is 24.7. The molecule has 0 N–H and O–H groups in total. The summed E-state index contributed by atoms with van der Waals surface area (Å²) < 4.78 is 17.4. The molecule has 1 aliphatic carbocycles. The summed E-state index contributed by atoms with van der Waals surface area (Å²) in [6.07, 6.45) is 14.8. The molecule has 5 heterocycles. The normalized spacial score (nSPS) is 24.0. The summed E-state index contributed by atoms with van der Waals surface area (Å²) in [6, 6.07) is 4.31. The van der Waals surface area contributed by atoms with E-state index in [1.54, 1.807) is 10.9 Å². The Morgan fingerprint density at radius 1 is 1.22 bits per heavy atom. The van der Waals surface area contributed by atoms with Crippen LogP contribution in [0, 0.1) is 17.2 Å². The molecule has 1 unspecified atom stereocenters. The number of aryl methyl sites for hydroxylation is 1. The Hall–Kier alpha value is -3.55. The Morgan fingerprint density at radius 2 is 2.11 bits per heavy atom. The maximum absolute atomic E-state index is 9.43. The predicted molar refractivity (Wildman–Crippen MR) is 131 cm³/mol. The highest BCUT2D eigenvalue weighted by atomic mass is 16.7. The maximum atomic E-state index is 9.43. The van der Waals surface area contributed by atoms with Crippen LogP contribution in [-0.2, 0) is 28.7 Å². The zero-order valence-electron chi connectivity index (χ0n) is 20.7. The monoisotopic (exact) mass is 486 g/mol. The van der Waals surface area contributed by atoms with Crippen molar-refractivity contribution in [1.29, 1.82) is 5.26 Å². The standard InChI is InChI=1S/C26H30N8O2/c1-18-11-26(12-18,7-8-27)34-14-19(13-29-34)25-23-6-9-28-33(23)16-21(30-25)20-15-32(2)31-22(20)17-36-24-5-3-4-10-35-24/h6,9,13-16,18,24H,3-5,7,10-12,17H2,1-2H3. The van der Waals surface area contributed by atoms with Gasteiger partial charge in [0, 0.05) is 37.2 Å². The van der Waals surface area contributed by atoms with Gasteiger partial charge in [0.05, 0.1) is 65.8 Å². The summed E-state index contributed by atoms with van der Waals surface area (Å²) in [5, 5.41) is 23.3. The van der Waals surface area contributed by atoms with Gasteiger partial charge in [-0.1, -0.05) is 6.92 Å². The van der Waals surface area contributed by atoms with Crippen LogP contribution in [0.1, 0.15) is 51.1 Å². The highest BCUT2D eigenvalue weighted by molar-refractivity contribution is 5.78. The van der Waals surface area contributed by atoms with Crippen LogP contribution in [0.4, 0.5) is 0 Å². The van der Waals surface area contributed by atoms with Crippen LogP contribution in [-0.4, -0.2) is 47.1 Å². The van der Waals surface area contributed by atoms with Crippen LogP contribution < -0.4 is 0 Å². The van der Waals surface area contributed by atoms with Gasteiger partial charge in [0.25, 0.3) is 0 Å². The first kappa shape index (κ1) is 22.9. The Labute approximate surface area is 209 Å². The van der Waals surface area contributed by atoms with Gasteiger partial charge >= 0.3 is 0 Å². The number of nitriles is 1. The van der Waals surface area contributed by atoms with E-state index in [0.717, 1.165) is 72.4 Å². The first-order chi connectivity index (χ1) is 17.5. The first-order valence-corrected chi connectivity index (χ1v) is 12.6. The maximum Gasteiger partial charge on any atom is 0.158 e. The molecule has 1 atom stereocenters. The van der Waals surface area contributed by atoms with Gasteiger partial charge in [-0.05, 0) is 44.1 Å². The van der Waals surface area contributed by atoms with E-state index in [1.807, 2.05) is 47.1 Å². The van der Waals surface area contributed by atoms with Crippen LogP contribution in [0.2, 0.25) is 0 Å². The van der Waals surface area contributed by atoms with E-state index in [0.29, 0.717) is 18.9 Å². The lowest BCUT2D eigenvalue weighted by atomic mass is 9.67. The molecule has 4 aromatic rings. The highest BCUT2D eigenvalue weighted by Crippen LogP contribution is 2.46. The molecule has 186 valence electrons. The van der Waals surface area contributed by atoms with Crippen molar-refractivity contribution >= 4 is 5.52 Å². The Kier molecular flexibility index (Phi) is 5.82. The molecule has 2 fully saturated rings. The van der Waals surface area contributed by atoms with Crippen molar-refractivity contribution in [2.24, 2.45) is 13.0 Å². The topological polar surface area (TPSA) is 108 Å². The fraction of sp³-hybridized carbons (Fsp3) is 0.500. The molecule has 6 rings (SSSR count). The quantitative estimate of drug-likeness (QED) is 0.387. The number of ether oxygens (including phenoxy) is 2. The molecule has 0 spiro atoms. The number of hydrogen-bond acceptors (Lipinski definition) is 7. The summed E-state index contributed by atoms with van der Waals surface area (Å²) >= 11 is 0. The van der Waals surface area contributed by atoms with Gasteiger partial charge in [-0.2, -0.15) is 20.6 Å². The average Bonchev–Trinajstić information content (AvgIpc) is 3.61. The van der Waals surface area contributed by atoms with Crippen molar-refractivity contribution in [3.05, 3.63) is 42.7 Å². The minimum absolute atomic E-state index is 0.188. The molecule has 4 aromatic heterocycles. The van der Waals surface area contributed by atoms with Gasteiger partial charge < -0.3 is 9.47 Å². The van der Waals surface area contributed by atoms with Gasteiger partial charge in [-0.3, -0.25) is 9.36 Å². The number of nitrogens with zero attached hydrogens (tertiary/aromatic N) is 8. The Morgan fingerprint density at radius 3 is 2.89 bits per heavy atom. The lowest BCUT2D eigenvalue weighted by molar-refractivity contribution is -0.169. The summed E-state index contributed by atoms with van der Waals surface area (Å²) in [7, 11) is 1.90. The van der Waals surface area contributed by atoms with Gasteiger partial charge in [-0.15, -0.1) is 0 Å². The average molecular weight is 487 g/mol. The van der Waals surface area contributed by atoms with Crippen LogP contribution in [0.15, 0.2) is 37.1 Å². The second kappa shape index (κ2) is 9.15. The first-order valence-electron chi connectivity index (χ1n) is 12.6. The molecule has 0 amide bonds. The minimum atomic E-state index is -0.227. The fourth-order valence-corrected chi connectivity index (χ4v) is 5.64. The largest absolute Gasteiger partial charge is 0.353 e. The fourth-order valence-electron chi connectivity index (χ4n) is 5.64. The second-order valence-corrected chi connectivity index (χ2v) is 10.2. The van der Waals surface area contributed by atoms with Crippen molar-refractivity contribution in [2.75, 3.05) is 6.61 Å². The van der Waals surface area contributed by atoms with E-state index < -0.39 is 0 Å². The minimum Gasteiger partial charge on any atom is -0.353 e. The number of rotatable bonds is 7. The van der Waals surface area contributed by atoms with Crippen molar-refractivity contribution in [3.63, 3.8) is 0 Å². The molecule has 1 saturated carbocycles. The van der Waals surface area contributed by atoms with E-state index in [1.165, 1.54) is 0 Å². The molecule has 0 radical (unpaired) electrons. The van der Waals surface area contributed by atoms with Crippen LogP contribution in [0.5, 0.6) is 0 Å². The number of fused-ring (bicyclic) bond motifs is 1. The zero-order valence-corrected chi connectivity index (χ0v) is 20.7. The molecule has 10 heteroatoms. The molecular formula is C26H30N8O2. The molecule has 1 saturated heterocycles. The van der Waals surface area contributed by atoms with Crippen LogP contribution in [0.25, 0.3) is 28.0 Å². The van der Waals surface area contributed by atoms with Crippen LogP contribution in [0.3, 0.4) is 0 Å². The second-order valence-electron chi connectivity index (χ2n) is 10.2. The molecule has 10 nitrogen and oxygen atoms in total. The van der Waals surface area contributed by atoms with Crippen molar-refractivity contribution in [2.45, 2.75) is 63.9 Å². The van der Waals surface area contributed by atoms with E-state index in [2.05, 4.69) is 28.3 Å². The van der Waals surface area contributed by atoms with Gasteiger partial charge in [-0.25, -0.2) is 9.50 Å². The third-order valence-corrected chi connectivity index (χ3v) is 7.32. The van der Waals surface area contributed by atoms with E-state index in [-0.39, 0.29) is 11.8 Å². The molecule has 36 heavy (non-hydrogen) atoms. The SMILES string of the molecule is CC1CC(CC#N)(n2cc(-c3nc(-c4cn(C)nc4COC4CCCCO4)cn4nccc34)cn2)C1. The Bertz CT molecular complexity index is 1420. The molecule has 0 aromatic carbocycles. The van der Waals surface area contributed by atoms with Crippen molar-refractivity contribution in [1.82, 2.24) is 34.2 Å². The molecular weight excluding hydrogens is 456 g/mol. The van der Waals surface area contributed by atoms with Gasteiger partial charge in [0.15, 0.2) is 6.29 Å². The Balaban J connectivity index is 1.35. The lowest BCUT2D eigenvalue weighted by Crippen LogP contribution is -2.45. The number of aromatic nitrogens is 7. The van der Waals surface area contributed by atoms with E-state index in [9.17, 15) is 5.26 Å².